The molecule has 2 atom stereocenters. The van der Waals surface area contributed by atoms with E-state index in [1.165, 1.54) is 0 Å². The molecule has 2 aromatic carbocycles. The molecule has 2 unspecified atom stereocenters. The number of carboxylic acids is 1. The van der Waals surface area contributed by atoms with Gasteiger partial charge in [-0.15, -0.1) is 0 Å². The zero-order valence-corrected chi connectivity index (χ0v) is 14.2. The summed E-state index contributed by atoms with van der Waals surface area (Å²) in [5.74, 6) is -1.56. The van der Waals surface area contributed by atoms with Gasteiger partial charge in [0.15, 0.2) is 0 Å². The Morgan fingerprint density at radius 3 is 2.64 bits per heavy atom. The number of hydrogen-bond donors (Lipinski definition) is 2. The Balaban J connectivity index is 1.63. The second-order valence-corrected chi connectivity index (χ2v) is 6.65. The lowest BCUT2D eigenvalue weighted by molar-refractivity contribution is -0.141. The first-order chi connectivity index (χ1) is 12.1. The molecule has 2 aromatic rings. The van der Waals surface area contributed by atoms with Gasteiger partial charge in [0.05, 0.1) is 5.92 Å². The standard InChI is InChI=1S/C21H23NO3/c23-20(17-7-2-1-3-8-17)22-14-19(21(24)25)13-15-10-11-16-6-4-5-9-18(16)12-15/h1-2,4-6,9-12,17,19H,3,7-8,13-14H2,(H,22,23)(H,24,25). The lowest BCUT2D eigenvalue weighted by Gasteiger charge is -2.19. The number of fused-ring (bicyclic) bond motifs is 1. The number of rotatable bonds is 6. The summed E-state index contributed by atoms with van der Waals surface area (Å²) in [7, 11) is 0. The van der Waals surface area contributed by atoms with Gasteiger partial charge >= 0.3 is 5.97 Å². The lowest BCUT2D eigenvalue weighted by Crippen LogP contribution is -2.37. The molecule has 0 aliphatic heterocycles. The Morgan fingerprint density at radius 1 is 1.12 bits per heavy atom. The summed E-state index contributed by atoms with van der Waals surface area (Å²) in [6, 6.07) is 14.0. The van der Waals surface area contributed by atoms with Crippen LogP contribution in [0.1, 0.15) is 24.8 Å². The van der Waals surface area contributed by atoms with Crippen molar-refractivity contribution in [1.82, 2.24) is 5.32 Å². The average molecular weight is 337 g/mol. The van der Waals surface area contributed by atoms with Crippen molar-refractivity contribution in [2.45, 2.75) is 25.7 Å². The zero-order chi connectivity index (χ0) is 17.6. The predicted molar refractivity (Wildman–Crippen MR) is 98.3 cm³/mol. The number of carbonyl (C=O) groups is 2. The fraction of sp³-hybridized carbons (Fsp3) is 0.333. The maximum atomic E-state index is 12.2. The van der Waals surface area contributed by atoms with E-state index in [2.05, 4.69) is 11.4 Å². The van der Waals surface area contributed by atoms with Gasteiger partial charge in [0, 0.05) is 12.5 Å². The summed E-state index contributed by atoms with van der Waals surface area (Å²) >= 11 is 0. The van der Waals surface area contributed by atoms with Crippen LogP contribution in [0.3, 0.4) is 0 Å². The molecule has 25 heavy (non-hydrogen) atoms. The van der Waals surface area contributed by atoms with Gasteiger partial charge < -0.3 is 10.4 Å². The quantitative estimate of drug-likeness (QED) is 0.792. The Kier molecular flexibility index (Phi) is 5.49. The summed E-state index contributed by atoms with van der Waals surface area (Å²) in [5.41, 5.74) is 0.973. The first-order valence-corrected chi connectivity index (χ1v) is 8.76. The minimum absolute atomic E-state index is 0.0277. The molecule has 0 saturated carbocycles. The van der Waals surface area contributed by atoms with E-state index >= 15 is 0 Å². The van der Waals surface area contributed by atoms with Gasteiger partial charge in [-0.05, 0) is 42.0 Å². The monoisotopic (exact) mass is 337 g/mol. The molecule has 1 amide bonds. The predicted octanol–water partition coefficient (Wildman–Crippen LogP) is 3.56. The van der Waals surface area contributed by atoms with Crippen molar-refractivity contribution in [1.29, 1.82) is 0 Å². The second-order valence-electron chi connectivity index (χ2n) is 6.65. The average Bonchev–Trinajstić information content (AvgIpc) is 2.65. The highest BCUT2D eigenvalue weighted by Crippen LogP contribution is 2.20. The Labute approximate surface area is 147 Å². The highest BCUT2D eigenvalue weighted by atomic mass is 16.4. The van der Waals surface area contributed by atoms with Gasteiger partial charge in [-0.3, -0.25) is 9.59 Å². The molecule has 0 heterocycles. The third-order valence-corrected chi connectivity index (χ3v) is 4.81. The fourth-order valence-corrected chi connectivity index (χ4v) is 3.30. The van der Waals surface area contributed by atoms with E-state index in [-0.39, 0.29) is 18.4 Å². The first-order valence-electron chi connectivity index (χ1n) is 8.76. The van der Waals surface area contributed by atoms with Crippen LogP contribution in [0.2, 0.25) is 0 Å². The number of benzene rings is 2. The number of hydrogen-bond acceptors (Lipinski definition) is 2. The zero-order valence-electron chi connectivity index (χ0n) is 14.2. The van der Waals surface area contributed by atoms with E-state index in [1.807, 2.05) is 48.5 Å². The third-order valence-electron chi connectivity index (χ3n) is 4.81. The van der Waals surface area contributed by atoms with Crippen LogP contribution >= 0.6 is 0 Å². The van der Waals surface area contributed by atoms with Gasteiger partial charge in [0.1, 0.15) is 0 Å². The van der Waals surface area contributed by atoms with Crippen LogP contribution in [0.4, 0.5) is 0 Å². The smallest absolute Gasteiger partial charge is 0.308 e. The van der Waals surface area contributed by atoms with Crippen LogP contribution in [-0.4, -0.2) is 23.5 Å². The van der Waals surface area contributed by atoms with E-state index in [4.69, 9.17) is 0 Å². The van der Waals surface area contributed by atoms with Crippen LogP contribution in [-0.2, 0) is 16.0 Å². The largest absolute Gasteiger partial charge is 0.481 e. The first kappa shape index (κ1) is 17.2. The summed E-state index contributed by atoms with van der Waals surface area (Å²) in [5, 5.41) is 14.6. The molecule has 1 aliphatic carbocycles. The summed E-state index contributed by atoms with van der Waals surface area (Å²) in [6.07, 6.45) is 7.02. The molecule has 0 radical (unpaired) electrons. The fourth-order valence-electron chi connectivity index (χ4n) is 3.30. The topological polar surface area (TPSA) is 66.4 Å². The van der Waals surface area contributed by atoms with Crippen LogP contribution in [0.15, 0.2) is 54.6 Å². The van der Waals surface area contributed by atoms with Crippen LogP contribution < -0.4 is 5.32 Å². The van der Waals surface area contributed by atoms with Crippen molar-refractivity contribution in [2.24, 2.45) is 11.8 Å². The SMILES string of the molecule is O=C(O)C(CNC(=O)C1CC=CCC1)Cc1ccc2ccccc2c1. The molecule has 0 aromatic heterocycles. The Hall–Kier alpha value is -2.62. The van der Waals surface area contributed by atoms with Gasteiger partial charge in [-0.1, -0.05) is 54.6 Å². The molecular weight excluding hydrogens is 314 g/mol. The Morgan fingerprint density at radius 2 is 1.92 bits per heavy atom. The van der Waals surface area contributed by atoms with Crippen LogP contribution in [0.25, 0.3) is 10.8 Å². The molecule has 0 bridgehead atoms. The molecule has 1 aliphatic rings. The maximum Gasteiger partial charge on any atom is 0.308 e. The van der Waals surface area contributed by atoms with E-state index < -0.39 is 11.9 Å². The summed E-state index contributed by atoms with van der Waals surface area (Å²) < 4.78 is 0. The number of aliphatic carboxylic acids is 1. The molecule has 4 heteroatoms. The molecule has 0 fully saturated rings. The van der Waals surface area contributed by atoms with E-state index in [1.54, 1.807) is 0 Å². The lowest BCUT2D eigenvalue weighted by atomic mass is 9.93. The number of carbonyl (C=O) groups excluding carboxylic acids is 1. The molecule has 2 N–H and O–H groups in total. The van der Waals surface area contributed by atoms with E-state index in [0.29, 0.717) is 6.42 Å². The van der Waals surface area contributed by atoms with Crippen molar-refractivity contribution in [2.75, 3.05) is 6.54 Å². The number of allylic oxidation sites excluding steroid dienone is 2. The van der Waals surface area contributed by atoms with Crippen molar-refractivity contribution < 1.29 is 14.7 Å². The van der Waals surface area contributed by atoms with Gasteiger partial charge in [0.2, 0.25) is 5.91 Å². The van der Waals surface area contributed by atoms with E-state index in [9.17, 15) is 14.7 Å². The highest BCUT2D eigenvalue weighted by Gasteiger charge is 2.23. The molecule has 0 saturated heterocycles. The number of amides is 1. The molecule has 3 rings (SSSR count). The van der Waals surface area contributed by atoms with Crippen molar-refractivity contribution in [3.8, 4) is 0 Å². The van der Waals surface area contributed by atoms with Crippen LogP contribution in [0.5, 0.6) is 0 Å². The van der Waals surface area contributed by atoms with E-state index in [0.717, 1.165) is 35.6 Å². The third kappa shape index (κ3) is 4.47. The number of carboxylic acid groups (broad SMARTS) is 1. The molecule has 4 nitrogen and oxygen atoms in total. The number of nitrogens with one attached hydrogen (secondary N) is 1. The summed E-state index contributed by atoms with van der Waals surface area (Å²) in [4.78, 5) is 23.8. The minimum Gasteiger partial charge on any atom is -0.481 e. The van der Waals surface area contributed by atoms with Crippen LogP contribution in [0, 0.1) is 11.8 Å². The van der Waals surface area contributed by atoms with Gasteiger partial charge in [-0.25, -0.2) is 0 Å². The summed E-state index contributed by atoms with van der Waals surface area (Å²) in [6.45, 7) is 0.168. The second kappa shape index (κ2) is 7.97. The maximum absolute atomic E-state index is 12.2. The van der Waals surface area contributed by atoms with Crippen molar-refractivity contribution >= 4 is 22.6 Å². The minimum atomic E-state index is -0.878. The normalized spacial score (nSPS) is 18.0. The molecule has 0 spiro atoms. The van der Waals surface area contributed by atoms with Gasteiger partial charge in [-0.2, -0.15) is 0 Å². The van der Waals surface area contributed by atoms with Gasteiger partial charge in [0.25, 0.3) is 0 Å². The Bertz CT molecular complexity index is 797. The van der Waals surface area contributed by atoms with Crippen molar-refractivity contribution in [3.63, 3.8) is 0 Å². The van der Waals surface area contributed by atoms with Crippen molar-refractivity contribution in [3.05, 3.63) is 60.2 Å². The highest BCUT2D eigenvalue weighted by molar-refractivity contribution is 5.83. The molecular formula is C21H23NO3. The molecule has 130 valence electrons.